The number of aliphatic carboxylic acids is 1. The van der Waals surface area contributed by atoms with Gasteiger partial charge < -0.3 is 14.7 Å². The second-order valence-corrected chi connectivity index (χ2v) is 6.11. The van der Waals surface area contributed by atoms with Crippen LogP contribution in [0.4, 0.5) is 0 Å². The molecule has 1 spiro atoms. The van der Waals surface area contributed by atoms with E-state index in [2.05, 4.69) is 0 Å². The number of carbonyl (C=O) groups is 2. The summed E-state index contributed by atoms with van der Waals surface area (Å²) in [5.74, 6) is -0.722. The van der Waals surface area contributed by atoms with Crippen molar-refractivity contribution in [2.45, 2.75) is 44.6 Å². The maximum Gasteiger partial charge on any atom is 0.326 e. The van der Waals surface area contributed by atoms with E-state index in [1.807, 2.05) is 0 Å². The van der Waals surface area contributed by atoms with Gasteiger partial charge in [-0.1, -0.05) is 0 Å². The number of hydrogen-bond acceptors (Lipinski definition) is 3. The van der Waals surface area contributed by atoms with Crippen LogP contribution in [-0.4, -0.2) is 47.7 Å². The van der Waals surface area contributed by atoms with Gasteiger partial charge >= 0.3 is 5.97 Å². The predicted octanol–water partition coefficient (Wildman–Crippen LogP) is 1.27. The van der Waals surface area contributed by atoms with E-state index in [4.69, 9.17) is 4.74 Å². The predicted molar refractivity (Wildman–Crippen MR) is 67.6 cm³/mol. The monoisotopic (exact) mass is 267 g/mol. The number of likely N-dealkylation sites (tertiary alicyclic amines) is 1. The minimum Gasteiger partial charge on any atom is -0.480 e. The fourth-order valence-corrected chi connectivity index (χ4v) is 3.68. The van der Waals surface area contributed by atoms with E-state index in [1.54, 1.807) is 4.90 Å². The fraction of sp³-hybridized carbons (Fsp3) is 0.857. The number of carboxylic acids is 1. The van der Waals surface area contributed by atoms with Crippen molar-refractivity contribution in [3.05, 3.63) is 0 Å². The van der Waals surface area contributed by atoms with Gasteiger partial charge in [-0.05, 0) is 43.9 Å². The molecule has 1 aliphatic carbocycles. The summed E-state index contributed by atoms with van der Waals surface area (Å²) >= 11 is 0. The van der Waals surface area contributed by atoms with Crippen LogP contribution in [0, 0.1) is 11.3 Å². The molecule has 5 nitrogen and oxygen atoms in total. The first-order valence-corrected chi connectivity index (χ1v) is 7.25. The quantitative estimate of drug-likeness (QED) is 0.818. The van der Waals surface area contributed by atoms with Crippen molar-refractivity contribution < 1.29 is 19.4 Å². The third kappa shape index (κ3) is 2.24. The van der Waals surface area contributed by atoms with Crippen LogP contribution in [0.1, 0.15) is 38.5 Å². The molecule has 0 aromatic carbocycles. The topological polar surface area (TPSA) is 66.8 Å². The molecule has 0 bridgehead atoms. The van der Waals surface area contributed by atoms with Crippen LogP contribution in [0.5, 0.6) is 0 Å². The average Bonchev–Trinajstić information content (AvgIpc) is 3.12. The Morgan fingerprint density at radius 3 is 2.63 bits per heavy atom. The van der Waals surface area contributed by atoms with E-state index in [-0.39, 0.29) is 17.2 Å². The molecule has 3 rings (SSSR count). The van der Waals surface area contributed by atoms with E-state index in [1.165, 1.54) is 0 Å². The Kier molecular flexibility index (Phi) is 3.25. The minimum atomic E-state index is -0.852. The minimum absolute atomic E-state index is 0.0522. The molecule has 106 valence electrons. The highest BCUT2D eigenvalue weighted by molar-refractivity contribution is 5.87. The standard InChI is InChI=1S/C14H21NO4/c16-12(10-9-14(10)4-7-19-8-5-14)15-6-2-1-3-11(15)13(17)18/h10-11H,1-9H2,(H,17,18). The Bertz CT molecular complexity index is 389. The molecule has 2 unspecified atom stereocenters. The lowest BCUT2D eigenvalue weighted by molar-refractivity contribution is -0.153. The Morgan fingerprint density at radius 2 is 1.95 bits per heavy atom. The SMILES string of the molecule is O=C(O)C1CCCCN1C(=O)C1CC12CCOCC2. The lowest BCUT2D eigenvalue weighted by atomic mass is 9.92. The maximum atomic E-state index is 12.6. The number of carbonyl (C=O) groups excluding carboxylic acids is 1. The normalized spacial score (nSPS) is 33.2. The van der Waals surface area contributed by atoms with Gasteiger partial charge in [-0.3, -0.25) is 4.79 Å². The van der Waals surface area contributed by atoms with Crippen molar-refractivity contribution in [2.24, 2.45) is 11.3 Å². The molecule has 19 heavy (non-hydrogen) atoms. The zero-order chi connectivity index (χ0) is 13.5. The van der Waals surface area contributed by atoms with E-state index in [0.717, 1.165) is 45.3 Å². The van der Waals surface area contributed by atoms with Gasteiger partial charge in [0.25, 0.3) is 0 Å². The second kappa shape index (κ2) is 4.78. The van der Waals surface area contributed by atoms with Gasteiger partial charge in [-0.25, -0.2) is 4.79 Å². The Hall–Kier alpha value is -1.10. The summed E-state index contributed by atoms with van der Waals surface area (Å²) in [7, 11) is 0. The summed E-state index contributed by atoms with van der Waals surface area (Å²) in [5.41, 5.74) is 0.135. The van der Waals surface area contributed by atoms with Gasteiger partial charge in [0.2, 0.25) is 5.91 Å². The molecule has 3 fully saturated rings. The van der Waals surface area contributed by atoms with Crippen molar-refractivity contribution in [1.82, 2.24) is 4.90 Å². The van der Waals surface area contributed by atoms with Crippen molar-refractivity contribution in [1.29, 1.82) is 0 Å². The summed E-state index contributed by atoms with van der Waals surface area (Å²) < 4.78 is 5.36. The van der Waals surface area contributed by atoms with Crippen LogP contribution in [0.3, 0.4) is 0 Å². The number of hydrogen-bond donors (Lipinski definition) is 1. The Balaban J connectivity index is 1.68. The molecule has 1 N–H and O–H groups in total. The van der Waals surface area contributed by atoms with Crippen LogP contribution >= 0.6 is 0 Å². The number of rotatable bonds is 2. The highest BCUT2D eigenvalue weighted by Crippen LogP contribution is 2.60. The molecule has 2 saturated heterocycles. The molecule has 2 heterocycles. The number of ether oxygens (including phenoxy) is 1. The van der Waals surface area contributed by atoms with Crippen molar-refractivity contribution in [3.8, 4) is 0 Å². The smallest absolute Gasteiger partial charge is 0.326 e. The first kappa shape index (κ1) is 12.9. The summed E-state index contributed by atoms with van der Waals surface area (Å²) in [6.45, 7) is 2.09. The number of nitrogens with zero attached hydrogens (tertiary/aromatic N) is 1. The van der Waals surface area contributed by atoms with Crippen LogP contribution in [0.15, 0.2) is 0 Å². The molecule has 1 saturated carbocycles. The molecule has 2 atom stereocenters. The number of piperidine rings is 1. The molecular weight excluding hydrogens is 246 g/mol. The Labute approximate surface area is 112 Å². The molecule has 1 amide bonds. The Morgan fingerprint density at radius 1 is 1.21 bits per heavy atom. The lowest BCUT2D eigenvalue weighted by Gasteiger charge is -2.34. The highest BCUT2D eigenvalue weighted by Gasteiger charge is 2.59. The van der Waals surface area contributed by atoms with Gasteiger partial charge in [0.15, 0.2) is 0 Å². The van der Waals surface area contributed by atoms with E-state index in [9.17, 15) is 14.7 Å². The molecular formula is C14H21NO4. The van der Waals surface area contributed by atoms with Crippen LogP contribution in [-0.2, 0) is 14.3 Å². The number of carboxylic acid groups (broad SMARTS) is 1. The molecule has 2 aliphatic heterocycles. The second-order valence-electron chi connectivity index (χ2n) is 6.11. The molecule has 0 aromatic heterocycles. The van der Waals surface area contributed by atoms with Crippen LogP contribution < -0.4 is 0 Å². The molecule has 3 aliphatic rings. The van der Waals surface area contributed by atoms with Gasteiger partial charge in [0.05, 0.1) is 0 Å². The fourth-order valence-electron chi connectivity index (χ4n) is 3.68. The highest BCUT2D eigenvalue weighted by atomic mass is 16.5. The van der Waals surface area contributed by atoms with Crippen molar-refractivity contribution >= 4 is 11.9 Å². The molecule has 5 heteroatoms. The first-order valence-electron chi connectivity index (χ1n) is 7.25. The van der Waals surface area contributed by atoms with E-state index >= 15 is 0 Å². The van der Waals surface area contributed by atoms with Crippen molar-refractivity contribution in [3.63, 3.8) is 0 Å². The average molecular weight is 267 g/mol. The zero-order valence-electron chi connectivity index (χ0n) is 11.1. The van der Waals surface area contributed by atoms with E-state index < -0.39 is 12.0 Å². The third-order valence-corrected chi connectivity index (χ3v) is 5.05. The molecule has 0 aromatic rings. The van der Waals surface area contributed by atoms with Gasteiger partial charge in [0, 0.05) is 25.7 Å². The third-order valence-electron chi connectivity index (χ3n) is 5.05. The largest absolute Gasteiger partial charge is 0.480 e. The van der Waals surface area contributed by atoms with Crippen LogP contribution in [0.2, 0.25) is 0 Å². The summed E-state index contributed by atoms with van der Waals surface area (Å²) in [5, 5.41) is 9.25. The zero-order valence-corrected chi connectivity index (χ0v) is 11.1. The number of amides is 1. The maximum absolute atomic E-state index is 12.6. The summed E-state index contributed by atoms with van der Waals surface area (Å²) in [6.07, 6.45) is 5.27. The van der Waals surface area contributed by atoms with E-state index in [0.29, 0.717) is 13.0 Å². The molecule has 0 radical (unpaired) electrons. The van der Waals surface area contributed by atoms with Gasteiger partial charge in [0.1, 0.15) is 6.04 Å². The van der Waals surface area contributed by atoms with Gasteiger partial charge in [-0.15, -0.1) is 0 Å². The van der Waals surface area contributed by atoms with Crippen molar-refractivity contribution in [2.75, 3.05) is 19.8 Å². The summed E-state index contributed by atoms with van der Waals surface area (Å²) in [6, 6.07) is -0.598. The van der Waals surface area contributed by atoms with Gasteiger partial charge in [-0.2, -0.15) is 0 Å². The first-order chi connectivity index (χ1) is 9.14. The lowest BCUT2D eigenvalue weighted by Crippen LogP contribution is -2.49. The summed E-state index contributed by atoms with van der Waals surface area (Å²) in [4.78, 5) is 25.5. The van der Waals surface area contributed by atoms with Crippen LogP contribution in [0.25, 0.3) is 0 Å².